The Kier molecular flexibility index (Phi) is 8.39. The number of carbonyl (C=O) groups is 2. The summed E-state index contributed by atoms with van der Waals surface area (Å²) in [5, 5.41) is 12.7. The Hall–Kier alpha value is -3.02. The van der Waals surface area contributed by atoms with Crippen molar-refractivity contribution in [3.05, 3.63) is 53.8 Å². The van der Waals surface area contributed by atoms with Crippen LogP contribution in [0.25, 0.3) is 0 Å². The average Bonchev–Trinajstić information content (AvgIpc) is 3.72. The summed E-state index contributed by atoms with van der Waals surface area (Å²) in [6, 6.07) is 9.26. The lowest BCUT2D eigenvalue weighted by Crippen LogP contribution is -2.48. The first-order valence-corrected chi connectivity index (χ1v) is 14.2. The quantitative estimate of drug-likeness (QED) is 0.525. The molecule has 0 radical (unpaired) electrons. The number of fused-ring (bicyclic) bond motifs is 1. The third kappa shape index (κ3) is 6.33. The SMILES string of the molecule is C[C@@H]1CN([C@@H](C)CO)C(=O)Cc2cc(NC(=O)C3CC3)ccc2O[C@H]1CN(C)S(=O)(=O)c1ccc(F)cc1. The highest BCUT2D eigenvalue weighted by Crippen LogP contribution is 2.33. The molecule has 0 unspecified atom stereocenters. The largest absolute Gasteiger partial charge is 0.488 e. The number of anilines is 1. The molecule has 1 saturated carbocycles. The Morgan fingerprint density at radius 2 is 1.92 bits per heavy atom. The molecular weight excluding hydrogens is 513 g/mol. The molecule has 1 aliphatic heterocycles. The van der Waals surface area contributed by atoms with Gasteiger partial charge in [0.25, 0.3) is 0 Å². The zero-order valence-electron chi connectivity index (χ0n) is 21.8. The van der Waals surface area contributed by atoms with E-state index in [1.54, 1.807) is 30.0 Å². The van der Waals surface area contributed by atoms with Crippen molar-refractivity contribution in [2.75, 3.05) is 32.1 Å². The smallest absolute Gasteiger partial charge is 0.242 e. The summed E-state index contributed by atoms with van der Waals surface area (Å²) in [7, 11) is -2.51. The standard InChI is InChI=1S/C27H34FN3O6S/c1-17-14-31(18(2)16-32)26(33)13-20-12-22(29-27(34)19-4-5-19)8-11-24(20)37-25(17)15-30(3)38(35,36)23-9-6-21(28)7-10-23/h6-12,17-19,25,32H,4-5,13-16H2,1-3H3,(H,29,34)/t17-,18+,25+/m1/s1. The first kappa shape index (κ1) is 28.0. The molecule has 0 bridgehead atoms. The number of aliphatic hydroxyl groups excluding tert-OH is 1. The molecule has 2 aromatic rings. The monoisotopic (exact) mass is 547 g/mol. The molecule has 3 atom stereocenters. The van der Waals surface area contributed by atoms with Gasteiger partial charge >= 0.3 is 0 Å². The minimum Gasteiger partial charge on any atom is -0.488 e. The molecule has 1 fully saturated rings. The van der Waals surface area contributed by atoms with E-state index in [4.69, 9.17) is 4.74 Å². The number of amides is 2. The van der Waals surface area contributed by atoms with Gasteiger partial charge in [0.2, 0.25) is 21.8 Å². The van der Waals surface area contributed by atoms with Gasteiger partial charge in [0, 0.05) is 36.7 Å². The summed E-state index contributed by atoms with van der Waals surface area (Å²) in [6.07, 6.45) is 1.07. The van der Waals surface area contributed by atoms with Crippen LogP contribution in [0.2, 0.25) is 0 Å². The van der Waals surface area contributed by atoms with E-state index in [0.29, 0.717) is 17.0 Å². The van der Waals surface area contributed by atoms with Gasteiger partial charge in [0.1, 0.15) is 17.7 Å². The highest BCUT2D eigenvalue weighted by molar-refractivity contribution is 7.89. The second kappa shape index (κ2) is 11.4. The van der Waals surface area contributed by atoms with Crippen molar-refractivity contribution in [2.45, 2.75) is 50.2 Å². The number of benzene rings is 2. The second-order valence-corrected chi connectivity index (χ2v) is 12.3. The molecule has 4 rings (SSSR count). The van der Waals surface area contributed by atoms with Gasteiger partial charge in [-0.15, -0.1) is 0 Å². The number of likely N-dealkylation sites (N-methyl/N-ethyl adjacent to an activating group) is 1. The van der Waals surface area contributed by atoms with E-state index < -0.39 is 28.0 Å². The van der Waals surface area contributed by atoms with Crippen LogP contribution in [-0.2, 0) is 26.0 Å². The van der Waals surface area contributed by atoms with E-state index in [2.05, 4.69) is 5.32 Å². The molecule has 2 aliphatic rings. The zero-order chi connectivity index (χ0) is 27.6. The van der Waals surface area contributed by atoms with E-state index in [-0.39, 0.29) is 54.7 Å². The summed E-state index contributed by atoms with van der Waals surface area (Å²) in [6.45, 7) is 3.59. The van der Waals surface area contributed by atoms with Crippen LogP contribution in [-0.4, -0.2) is 73.4 Å². The third-order valence-corrected chi connectivity index (χ3v) is 8.93. The Morgan fingerprint density at radius 3 is 2.55 bits per heavy atom. The van der Waals surface area contributed by atoms with Crippen LogP contribution in [0.3, 0.4) is 0 Å². The van der Waals surface area contributed by atoms with E-state index in [0.717, 1.165) is 29.3 Å². The molecule has 11 heteroatoms. The predicted molar refractivity (Wildman–Crippen MR) is 140 cm³/mol. The van der Waals surface area contributed by atoms with Crippen molar-refractivity contribution in [1.82, 2.24) is 9.21 Å². The van der Waals surface area contributed by atoms with Crippen LogP contribution in [0.5, 0.6) is 5.75 Å². The maximum absolute atomic E-state index is 13.4. The van der Waals surface area contributed by atoms with Crippen molar-refractivity contribution >= 4 is 27.5 Å². The van der Waals surface area contributed by atoms with Gasteiger partial charge in [0.05, 0.1) is 30.5 Å². The number of ether oxygens (including phenoxy) is 1. The summed E-state index contributed by atoms with van der Waals surface area (Å²) < 4.78 is 47.2. The molecule has 9 nitrogen and oxygen atoms in total. The molecule has 1 heterocycles. The molecule has 2 amide bonds. The maximum Gasteiger partial charge on any atom is 0.242 e. The minimum absolute atomic E-state index is 0.00400. The van der Waals surface area contributed by atoms with Crippen LogP contribution in [0.4, 0.5) is 10.1 Å². The molecule has 206 valence electrons. The summed E-state index contributed by atoms with van der Waals surface area (Å²) in [5.74, 6) is -0.670. The van der Waals surface area contributed by atoms with Crippen molar-refractivity contribution in [3.63, 3.8) is 0 Å². The van der Waals surface area contributed by atoms with Crippen LogP contribution in [0, 0.1) is 17.7 Å². The number of sulfonamides is 1. The van der Waals surface area contributed by atoms with Crippen molar-refractivity contribution < 1.29 is 32.2 Å². The number of nitrogens with one attached hydrogen (secondary N) is 1. The number of halogens is 1. The maximum atomic E-state index is 13.4. The summed E-state index contributed by atoms with van der Waals surface area (Å²) in [5.41, 5.74) is 1.11. The Morgan fingerprint density at radius 1 is 1.24 bits per heavy atom. The normalized spacial score (nSPS) is 21.1. The summed E-state index contributed by atoms with van der Waals surface area (Å²) >= 11 is 0. The highest BCUT2D eigenvalue weighted by atomic mass is 32.2. The highest BCUT2D eigenvalue weighted by Gasteiger charge is 2.34. The van der Waals surface area contributed by atoms with Crippen LogP contribution in [0.1, 0.15) is 32.3 Å². The van der Waals surface area contributed by atoms with Gasteiger partial charge in [-0.05, 0) is 62.2 Å². The first-order chi connectivity index (χ1) is 18.0. The van der Waals surface area contributed by atoms with Gasteiger partial charge in [-0.1, -0.05) is 6.92 Å². The Labute approximate surface area is 222 Å². The predicted octanol–water partition coefficient (Wildman–Crippen LogP) is 2.64. The molecule has 2 N–H and O–H groups in total. The summed E-state index contributed by atoms with van der Waals surface area (Å²) in [4.78, 5) is 27.1. The fraction of sp³-hybridized carbons (Fsp3) is 0.481. The van der Waals surface area contributed by atoms with Crippen LogP contribution < -0.4 is 10.1 Å². The molecule has 38 heavy (non-hydrogen) atoms. The number of hydrogen-bond acceptors (Lipinski definition) is 6. The molecule has 0 aromatic heterocycles. The third-order valence-electron chi connectivity index (χ3n) is 7.09. The lowest BCUT2D eigenvalue weighted by Gasteiger charge is -2.33. The molecule has 2 aromatic carbocycles. The fourth-order valence-electron chi connectivity index (χ4n) is 4.45. The average molecular weight is 548 g/mol. The van der Waals surface area contributed by atoms with Gasteiger partial charge in [0.15, 0.2) is 0 Å². The van der Waals surface area contributed by atoms with Gasteiger partial charge in [-0.3, -0.25) is 9.59 Å². The van der Waals surface area contributed by atoms with E-state index >= 15 is 0 Å². The first-order valence-electron chi connectivity index (χ1n) is 12.7. The molecule has 0 saturated heterocycles. The topological polar surface area (TPSA) is 116 Å². The molecule has 0 spiro atoms. The Bertz CT molecular complexity index is 1280. The van der Waals surface area contributed by atoms with Crippen molar-refractivity contribution in [1.29, 1.82) is 0 Å². The lowest BCUT2D eigenvalue weighted by atomic mass is 10.0. The molecular formula is C27H34FN3O6S. The number of rotatable bonds is 8. The lowest BCUT2D eigenvalue weighted by molar-refractivity contribution is -0.134. The second-order valence-electron chi connectivity index (χ2n) is 10.2. The number of carbonyl (C=O) groups excluding carboxylic acids is 2. The fourth-order valence-corrected chi connectivity index (χ4v) is 5.64. The van der Waals surface area contributed by atoms with Gasteiger partial charge < -0.3 is 20.1 Å². The minimum atomic E-state index is -3.94. The van der Waals surface area contributed by atoms with Gasteiger partial charge in [-0.25, -0.2) is 12.8 Å². The Balaban J connectivity index is 1.64. The van der Waals surface area contributed by atoms with Crippen molar-refractivity contribution in [2.24, 2.45) is 11.8 Å². The molecule has 1 aliphatic carbocycles. The van der Waals surface area contributed by atoms with Crippen molar-refractivity contribution in [3.8, 4) is 5.75 Å². The van der Waals surface area contributed by atoms with Crippen LogP contribution >= 0.6 is 0 Å². The van der Waals surface area contributed by atoms with Gasteiger partial charge in [-0.2, -0.15) is 4.31 Å². The number of nitrogens with zero attached hydrogens (tertiary/aromatic N) is 2. The van der Waals surface area contributed by atoms with Crippen LogP contribution in [0.15, 0.2) is 47.4 Å². The number of hydrogen-bond donors (Lipinski definition) is 2. The van der Waals surface area contributed by atoms with E-state index in [9.17, 15) is 27.5 Å². The van der Waals surface area contributed by atoms with E-state index in [1.165, 1.54) is 19.2 Å². The van der Waals surface area contributed by atoms with E-state index in [1.807, 2.05) is 6.92 Å². The number of aliphatic hydroxyl groups is 1. The zero-order valence-corrected chi connectivity index (χ0v) is 22.6.